The zero-order valence-corrected chi connectivity index (χ0v) is 15.0. The first-order valence-corrected chi connectivity index (χ1v) is 7.70. The van der Waals surface area contributed by atoms with Gasteiger partial charge in [0.1, 0.15) is 5.82 Å². The van der Waals surface area contributed by atoms with Gasteiger partial charge >= 0.3 is 0 Å². The summed E-state index contributed by atoms with van der Waals surface area (Å²) in [6.45, 7) is 3.14. The molecule has 122 valence electrons. The molecule has 2 aliphatic rings. The van der Waals surface area contributed by atoms with Gasteiger partial charge in [-0.2, -0.15) is 0 Å². The molecule has 6 heteroatoms. The maximum atomic E-state index is 13.6. The molecule has 1 aromatic rings. The van der Waals surface area contributed by atoms with E-state index in [-0.39, 0.29) is 29.8 Å². The average molecular weight is 419 g/mol. The quantitative estimate of drug-likeness (QED) is 0.448. The molecule has 0 amide bonds. The van der Waals surface area contributed by atoms with Crippen molar-refractivity contribution in [2.24, 2.45) is 4.99 Å². The molecule has 3 atom stereocenters. The number of fused-ring (bicyclic) bond motifs is 2. The minimum absolute atomic E-state index is 0. The lowest BCUT2D eigenvalue weighted by Gasteiger charge is -2.22. The van der Waals surface area contributed by atoms with E-state index in [1.54, 1.807) is 12.1 Å². The van der Waals surface area contributed by atoms with Gasteiger partial charge in [0.05, 0.1) is 24.8 Å². The van der Waals surface area contributed by atoms with Crippen LogP contribution in [0.3, 0.4) is 0 Å². The Hall–Kier alpha value is -0.890. The van der Waals surface area contributed by atoms with E-state index in [0.717, 1.165) is 25.3 Å². The van der Waals surface area contributed by atoms with E-state index in [4.69, 9.17) is 4.74 Å². The minimum Gasteiger partial charge on any atom is -0.373 e. The third kappa shape index (κ3) is 4.10. The summed E-state index contributed by atoms with van der Waals surface area (Å²) in [5, 5.41) is 6.65. The Morgan fingerprint density at radius 3 is 2.82 bits per heavy atom. The molecule has 0 aromatic heterocycles. The van der Waals surface area contributed by atoms with Crippen LogP contribution in [0, 0.1) is 5.82 Å². The van der Waals surface area contributed by atoms with Crippen LogP contribution in [0.4, 0.5) is 4.39 Å². The number of guanidine groups is 1. The number of aliphatic imine (C=N–C) groups is 1. The van der Waals surface area contributed by atoms with Crippen LogP contribution < -0.4 is 10.6 Å². The Kier molecular flexibility index (Phi) is 6.43. The lowest BCUT2D eigenvalue weighted by molar-refractivity contribution is 0.0992. The van der Waals surface area contributed by atoms with Crippen molar-refractivity contribution in [1.29, 1.82) is 0 Å². The largest absolute Gasteiger partial charge is 0.373 e. The first-order valence-electron chi connectivity index (χ1n) is 7.70. The molecule has 3 unspecified atom stereocenters. The molecule has 22 heavy (non-hydrogen) atoms. The number of halogens is 2. The standard InChI is InChI=1S/C16H22FN3O.HI/c1-2-18-16(19-10-11-5-3-4-6-13(11)17)20-14-9-12-7-8-15(14)21-12;/h3-6,12,14-15H,2,7-10H2,1H3,(H2,18,19,20);1H. The van der Waals surface area contributed by atoms with E-state index in [0.29, 0.717) is 30.4 Å². The van der Waals surface area contributed by atoms with E-state index >= 15 is 0 Å². The topological polar surface area (TPSA) is 45.7 Å². The predicted molar refractivity (Wildman–Crippen MR) is 96.1 cm³/mol. The summed E-state index contributed by atoms with van der Waals surface area (Å²) in [6.07, 6.45) is 4.03. The van der Waals surface area contributed by atoms with Crippen LogP contribution in [0.5, 0.6) is 0 Å². The molecule has 0 spiro atoms. The van der Waals surface area contributed by atoms with Crippen molar-refractivity contribution < 1.29 is 9.13 Å². The predicted octanol–water partition coefficient (Wildman–Crippen LogP) is 2.82. The molecule has 2 saturated heterocycles. The number of hydrogen-bond donors (Lipinski definition) is 2. The Morgan fingerprint density at radius 2 is 2.18 bits per heavy atom. The van der Waals surface area contributed by atoms with Gasteiger partial charge in [0.15, 0.2) is 5.96 Å². The lowest BCUT2D eigenvalue weighted by atomic mass is 9.96. The van der Waals surface area contributed by atoms with E-state index in [1.807, 2.05) is 13.0 Å². The number of hydrogen-bond acceptors (Lipinski definition) is 2. The molecule has 0 radical (unpaired) electrons. The SMILES string of the molecule is CCNC(=NCc1ccccc1F)NC1CC2CCC1O2.I. The van der Waals surface area contributed by atoms with Gasteiger partial charge in [0.2, 0.25) is 0 Å². The molecule has 1 aromatic carbocycles. The summed E-state index contributed by atoms with van der Waals surface area (Å²) in [6, 6.07) is 7.08. The summed E-state index contributed by atoms with van der Waals surface area (Å²) in [5.41, 5.74) is 0.610. The van der Waals surface area contributed by atoms with Gasteiger partial charge in [0, 0.05) is 12.1 Å². The second-order valence-electron chi connectivity index (χ2n) is 5.65. The maximum absolute atomic E-state index is 13.6. The van der Waals surface area contributed by atoms with Crippen molar-refractivity contribution >= 4 is 29.9 Å². The Labute approximate surface area is 147 Å². The first-order chi connectivity index (χ1) is 10.3. The Balaban J connectivity index is 0.00000176. The van der Waals surface area contributed by atoms with Gasteiger partial charge in [-0.25, -0.2) is 9.38 Å². The zero-order chi connectivity index (χ0) is 14.7. The van der Waals surface area contributed by atoms with E-state index in [1.165, 1.54) is 12.5 Å². The third-order valence-electron chi connectivity index (χ3n) is 4.14. The van der Waals surface area contributed by atoms with Crippen LogP contribution in [0.15, 0.2) is 29.3 Å². The van der Waals surface area contributed by atoms with Gasteiger partial charge in [-0.15, -0.1) is 24.0 Å². The van der Waals surface area contributed by atoms with Crippen LogP contribution >= 0.6 is 24.0 Å². The van der Waals surface area contributed by atoms with E-state index in [2.05, 4.69) is 15.6 Å². The summed E-state index contributed by atoms with van der Waals surface area (Å²) < 4.78 is 19.5. The molecule has 2 aliphatic heterocycles. The Morgan fingerprint density at radius 1 is 1.36 bits per heavy atom. The minimum atomic E-state index is -0.208. The van der Waals surface area contributed by atoms with Crippen LogP contribution in [-0.4, -0.2) is 30.8 Å². The highest BCUT2D eigenvalue weighted by molar-refractivity contribution is 14.0. The second kappa shape index (κ2) is 8.10. The molecule has 2 bridgehead atoms. The van der Waals surface area contributed by atoms with Gasteiger partial charge in [-0.05, 0) is 32.3 Å². The molecular formula is C16H23FIN3O. The fraction of sp³-hybridized carbons (Fsp3) is 0.562. The summed E-state index contributed by atoms with van der Waals surface area (Å²) >= 11 is 0. The highest BCUT2D eigenvalue weighted by atomic mass is 127. The van der Waals surface area contributed by atoms with Crippen molar-refractivity contribution in [3.05, 3.63) is 35.6 Å². The van der Waals surface area contributed by atoms with Crippen molar-refractivity contribution in [2.75, 3.05) is 6.54 Å². The van der Waals surface area contributed by atoms with Crippen molar-refractivity contribution in [2.45, 2.75) is 51.0 Å². The molecule has 0 saturated carbocycles. The molecule has 4 nitrogen and oxygen atoms in total. The maximum Gasteiger partial charge on any atom is 0.191 e. The van der Waals surface area contributed by atoms with Crippen molar-refractivity contribution in [3.8, 4) is 0 Å². The summed E-state index contributed by atoms with van der Waals surface area (Å²) in [5.74, 6) is 0.530. The van der Waals surface area contributed by atoms with Crippen molar-refractivity contribution in [3.63, 3.8) is 0 Å². The highest BCUT2D eigenvalue weighted by Crippen LogP contribution is 2.34. The number of ether oxygens (including phenoxy) is 1. The first kappa shape index (κ1) is 17.5. The zero-order valence-electron chi connectivity index (χ0n) is 12.7. The second-order valence-corrected chi connectivity index (χ2v) is 5.65. The van der Waals surface area contributed by atoms with Crippen LogP contribution in [0.2, 0.25) is 0 Å². The van der Waals surface area contributed by atoms with Gasteiger partial charge in [0.25, 0.3) is 0 Å². The normalized spacial score (nSPS) is 26.6. The van der Waals surface area contributed by atoms with E-state index in [9.17, 15) is 4.39 Å². The smallest absolute Gasteiger partial charge is 0.191 e. The highest BCUT2D eigenvalue weighted by Gasteiger charge is 2.41. The summed E-state index contributed by atoms with van der Waals surface area (Å²) in [4.78, 5) is 4.49. The number of nitrogens with one attached hydrogen (secondary N) is 2. The third-order valence-corrected chi connectivity index (χ3v) is 4.14. The molecule has 0 aliphatic carbocycles. The van der Waals surface area contributed by atoms with Crippen LogP contribution in [0.1, 0.15) is 31.7 Å². The lowest BCUT2D eigenvalue weighted by Crippen LogP contribution is -2.47. The van der Waals surface area contributed by atoms with Crippen LogP contribution in [-0.2, 0) is 11.3 Å². The molecule has 2 N–H and O–H groups in total. The number of nitrogens with zero attached hydrogens (tertiary/aromatic N) is 1. The van der Waals surface area contributed by atoms with Gasteiger partial charge < -0.3 is 15.4 Å². The fourth-order valence-electron chi connectivity index (χ4n) is 3.08. The summed E-state index contributed by atoms with van der Waals surface area (Å²) in [7, 11) is 0. The number of rotatable bonds is 4. The number of benzene rings is 1. The van der Waals surface area contributed by atoms with Crippen molar-refractivity contribution in [1.82, 2.24) is 10.6 Å². The van der Waals surface area contributed by atoms with E-state index < -0.39 is 0 Å². The molecule has 2 fully saturated rings. The average Bonchev–Trinajstić information content (AvgIpc) is 3.09. The van der Waals surface area contributed by atoms with Crippen LogP contribution in [0.25, 0.3) is 0 Å². The van der Waals surface area contributed by atoms with Gasteiger partial charge in [-0.3, -0.25) is 0 Å². The fourth-order valence-corrected chi connectivity index (χ4v) is 3.08. The Bertz CT molecular complexity index is 526. The molecule has 3 rings (SSSR count). The molecular weight excluding hydrogens is 396 g/mol. The van der Waals surface area contributed by atoms with Gasteiger partial charge in [-0.1, -0.05) is 18.2 Å². The monoisotopic (exact) mass is 419 g/mol. The molecule has 2 heterocycles.